The number of hydrogen-bond donors (Lipinski definition) is 7. The predicted octanol–water partition coefficient (Wildman–Crippen LogP) is 4.78. The number of amides is 5. The standard InChI is InChI=1S/C83H115N5O29/c1-53-73(113-55(3)91)75(115-57(5)93)72(99)79(112-53)108-42-40-106-38-36-104-34-32-84-77(100)59-44-60(78(101)85-33-35-105-37-39-107-41-43-109-80-76(116-58(6)94)74(114-56(4)92)71(98)67(117-80)48-110-54(2)90)46-64(45-59)87-69(96)47-86-68(95)22-18-13-11-12-14-19-23-70(97)88-49-81(7,51-89)82(8,50-88)52-111-83(61-20-16-15-17-21-61,62-24-28-65(102-9)29-25-62)63-26-30-66(103-10)31-27-63/h15-17,20-21,24-31,44-46,53,67,71-76,79-80,89,98-99H,11-14,18-19,22-23,32-43,47-52H2,1-10H3,(H,84,100)(H,85,101)(H,86,95)(H,87,96)/t53-,67-,71-,72+,73-,74+,75-,76+,79+,80+,81+,82-/m1/s1. The Kier molecular flexibility index (Phi) is 38.9. The molecule has 7 N–H and O–H groups in total. The number of rotatable bonds is 49. The lowest BCUT2D eigenvalue weighted by atomic mass is 9.68. The summed E-state index contributed by atoms with van der Waals surface area (Å²) in [6.07, 6.45) is -7.89. The van der Waals surface area contributed by atoms with Gasteiger partial charge in [-0.2, -0.15) is 0 Å². The number of nitrogens with one attached hydrogen (secondary N) is 4. The van der Waals surface area contributed by atoms with Gasteiger partial charge >= 0.3 is 29.8 Å². The zero-order chi connectivity index (χ0) is 85.1. The van der Waals surface area contributed by atoms with Crippen molar-refractivity contribution in [2.75, 3.05) is 138 Å². The molecule has 5 amide bonds. The number of aliphatic hydroxyl groups excluding tert-OH is 3. The van der Waals surface area contributed by atoms with Crippen LogP contribution in [0.25, 0.3) is 0 Å². The quantitative estimate of drug-likeness (QED) is 0.0135. The second kappa shape index (κ2) is 47.9. The van der Waals surface area contributed by atoms with Crippen LogP contribution in [0.15, 0.2) is 97.1 Å². The number of nitrogens with zero attached hydrogens (tertiary/aromatic N) is 1. The highest BCUT2D eigenvalue weighted by Gasteiger charge is 2.55. The van der Waals surface area contributed by atoms with E-state index >= 15 is 0 Å². The lowest BCUT2D eigenvalue weighted by Crippen LogP contribution is -2.62. The summed E-state index contributed by atoms with van der Waals surface area (Å²) in [6.45, 7) is 11.5. The van der Waals surface area contributed by atoms with Gasteiger partial charge in [0, 0.05) is 101 Å². The van der Waals surface area contributed by atoms with Gasteiger partial charge in [0.1, 0.15) is 42.0 Å². The number of carbonyl (C=O) groups excluding carboxylic acids is 10. The van der Waals surface area contributed by atoms with E-state index in [2.05, 4.69) is 28.2 Å². The number of hydrogen-bond acceptors (Lipinski definition) is 29. The first-order chi connectivity index (χ1) is 56.0. The molecule has 117 heavy (non-hydrogen) atoms. The number of anilines is 1. The van der Waals surface area contributed by atoms with E-state index < -0.39 is 139 Å². The van der Waals surface area contributed by atoms with Gasteiger partial charge in [-0.3, -0.25) is 47.9 Å². The summed E-state index contributed by atoms with van der Waals surface area (Å²) in [5.41, 5.74) is 0.251. The minimum atomic E-state index is -1.55. The fourth-order valence-corrected chi connectivity index (χ4v) is 13.7. The van der Waals surface area contributed by atoms with Crippen molar-refractivity contribution in [2.24, 2.45) is 10.8 Å². The summed E-state index contributed by atoms with van der Waals surface area (Å²) in [7, 11) is 3.24. The highest BCUT2D eigenvalue weighted by atomic mass is 16.7. The topological polar surface area (TPSA) is 430 Å². The molecule has 12 atom stereocenters. The fourth-order valence-electron chi connectivity index (χ4n) is 13.7. The first-order valence-electron chi connectivity index (χ1n) is 39.2. The SMILES string of the molecule is COc1ccc(C(OC[C@@]2(C)CN(C(=O)CCCCCCCCC(=O)NCC(=O)Nc3cc(C(=O)NCCOCCOCCO[C@H]4O[C@H](C)[C@@H](OC(C)=O)[C@H](OC(C)=O)[C@@H]4O)cc(C(=O)NCCOCCOCCO[C@H]4O[C@H](COC(C)=O)[C@@H](O)[C@H](OC(C)=O)[C@@H]4OC(C)=O)c3)C[C@@]2(C)CO)(c2ccccc2)c2ccc(OC)cc2)cc1. The van der Waals surface area contributed by atoms with E-state index in [0.29, 0.717) is 43.9 Å². The van der Waals surface area contributed by atoms with Crippen LogP contribution in [0, 0.1) is 10.8 Å². The maximum Gasteiger partial charge on any atom is 0.303 e. The van der Waals surface area contributed by atoms with Crippen molar-refractivity contribution >= 4 is 65.1 Å². The molecule has 4 aromatic rings. The Morgan fingerprint density at radius 2 is 0.966 bits per heavy atom. The van der Waals surface area contributed by atoms with Gasteiger partial charge in [-0.05, 0) is 78.9 Å². The first-order valence-corrected chi connectivity index (χ1v) is 39.2. The predicted molar refractivity (Wildman–Crippen MR) is 417 cm³/mol. The normalized spacial score (nSPS) is 22.4. The van der Waals surface area contributed by atoms with E-state index in [1.165, 1.54) is 25.1 Å². The third kappa shape index (κ3) is 29.0. The fraction of sp³-hybridized carbons (Fsp3) is 0.590. The molecule has 3 saturated heterocycles. The molecular weight excluding hydrogens is 1530 g/mol. The van der Waals surface area contributed by atoms with Crippen LogP contribution < -0.4 is 30.7 Å². The van der Waals surface area contributed by atoms with Crippen molar-refractivity contribution < 1.29 is 139 Å². The van der Waals surface area contributed by atoms with E-state index in [1.807, 2.05) is 90.7 Å². The third-order valence-corrected chi connectivity index (χ3v) is 20.1. The summed E-state index contributed by atoms with van der Waals surface area (Å²) in [6, 6.07) is 29.6. The van der Waals surface area contributed by atoms with Crippen LogP contribution in [-0.4, -0.2) is 274 Å². The van der Waals surface area contributed by atoms with Crippen molar-refractivity contribution in [1.82, 2.24) is 20.9 Å². The van der Waals surface area contributed by atoms with Crippen molar-refractivity contribution in [3.8, 4) is 11.5 Å². The molecule has 0 spiro atoms. The van der Waals surface area contributed by atoms with Crippen LogP contribution in [0.3, 0.4) is 0 Å². The zero-order valence-corrected chi connectivity index (χ0v) is 68.3. The number of unbranched alkanes of at least 4 members (excludes halogenated alkanes) is 5. The highest BCUT2D eigenvalue weighted by molar-refractivity contribution is 6.03. The molecule has 646 valence electrons. The van der Waals surface area contributed by atoms with Gasteiger partial charge in [0.05, 0.1) is 106 Å². The summed E-state index contributed by atoms with van der Waals surface area (Å²) >= 11 is 0. The average molecular weight is 1650 g/mol. The molecule has 3 fully saturated rings. The lowest BCUT2D eigenvalue weighted by molar-refractivity contribution is -0.307. The van der Waals surface area contributed by atoms with Gasteiger partial charge in [-0.15, -0.1) is 0 Å². The number of benzene rings is 4. The van der Waals surface area contributed by atoms with Crippen molar-refractivity contribution in [3.05, 3.63) is 125 Å². The Balaban J connectivity index is 0.844. The summed E-state index contributed by atoms with van der Waals surface area (Å²) < 4.78 is 89.8. The van der Waals surface area contributed by atoms with Gasteiger partial charge in [0.25, 0.3) is 11.8 Å². The summed E-state index contributed by atoms with van der Waals surface area (Å²) in [4.78, 5) is 128. The van der Waals surface area contributed by atoms with E-state index in [-0.39, 0.29) is 127 Å². The van der Waals surface area contributed by atoms with Crippen LogP contribution in [0.5, 0.6) is 11.5 Å². The Hall–Kier alpha value is -9.30. The number of carbonyl (C=O) groups is 10. The first kappa shape index (κ1) is 94.8. The number of likely N-dealkylation sites (tertiary alicyclic amines) is 1. The van der Waals surface area contributed by atoms with Crippen LogP contribution in [0.2, 0.25) is 0 Å². The van der Waals surface area contributed by atoms with Crippen molar-refractivity contribution in [3.63, 3.8) is 0 Å². The maximum atomic E-state index is 14.0. The molecule has 0 aliphatic carbocycles. The molecule has 0 aromatic heterocycles. The minimum absolute atomic E-state index is 0.000396. The maximum absolute atomic E-state index is 14.0. The molecule has 0 unspecified atom stereocenters. The largest absolute Gasteiger partial charge is 0.497 e. The van der Waals surface area contributed by atoms with Gasteiger partial charge in [0.15, 0.2) is 37.0 Å². The van der Waals surface area contributed by atoms with Gasteiger partial charge < -0.3 is 117 Å². The summed E-state index contributed by atoms with van der Waals surface area (Å²) in [5, 5.41) is 43.5. The monoisotopic (exact) mass is 1650 g/mol. The molecule has 34 nitrogen and oxygen atoms in total. The molecule has 4 aromatic carbocycles. The van der Waals surface area contributed by atoms with Crippen LogP contribution in [0.4, 0.5) is 5.69 Å². The molecular formula is C83H115N5O29. The highest BCUT2D eigenvalue weighted by Crippen LogP contribution is 2.50. The summed E-state index contributed by atoms with van der Waals surface area (Å²) in [5.74, 6) is -4.44. The van der Waals surface area contributed by atoms with E-state index in [4.69, 9.17) is 75.8 Å². The number of methoxy groups -OCH3 is 2. The second-order valence-electron chi connectivity index (χ2n) is 29.1. The third-order valence-electron chi connectivity index (χ3n) is 20.1. The van der Waals surface area contributed by atoms with Crippen molar-refractivity contribution in [1.29, 1.82) is 0 Å². The Morgan fingerprint density at radius 3 is 1.48 bits per heavy atom. The minimum Gasteiger partial charge on any atom is -0.497 e. The van der Waals surface area contributed by atoms with Crippen LogP contribution in [-0.2, 0) is 110 Å². The molecule has 0 radical (unpaired) electrons. The number of aliphatic hydroxyl groups is 3. The van der Waals surface area contributed by atoms with Gasteiger partial charge in [-0.25, -0.2) is 0 Å². The molecule has 0 bridgehead atoms. The Bertz CT molecular complexity index is 3790. The number of ether oxygens (including phenoxy) is 16. The van der Waals surface area contributed by atoms with E-state index in [9.17, 15) is 63.3 Å². The van der Waals surface area contributed by atoms with E-state index in [0.717, 1.165) is 70.1 Å². The van der Waals surface area contributed by atoms with Crippen LogP contribution in [0.1, 0.15) is 144 Å². The van der Waals surface area contributed by atoms with Crippen LogP contribution >= 0.6 is 0 Å². The Labute approximate surface area is 681 Å². The van der Waals surface area contributed by atoms with Gasteiger partial charge in [0.2, 0.25) is 17.7 Å². The molecule has 7 rings (SSSR count). The van der Waals surface area contributed by atoms with Crippen molar-refractivity contribution in [2.45, 2.75) is 174 Å². The average Bonchev–Trinajstić information content (AvgIpc) is 1.60. The number of esters is 5. The zero-order valence-electron chi connectivity index (χ0n) is 68.3. The lowest BCUT2D eigenvalue weighted by Gasteiger charge is -2.43. The molecule has 3 aliphatic rings. The smallest absolute Gasteiger partial charge is 0.303 e. The molecule has 3 heterocycles. The van der Waals surface area contributed by atoms with Gasteiger partial charge in [-0.1, -0.05) is 94.1 Å². The Morgan fingerprint density at radius 1 is 0.504 bits per heavy atom. The molecule has 3 aliphatic heterocycles. The molecule has 34 heteroatoms. The second-order valence-corrected chi connectivity index (χ2v) is 29.1. The van der Waals surface area contributed by atoms with E-state index in [1.54, 1.807) is 21.1 Å². The molecule has 0 saturated carbocycles.